The molecule has 0 saturated heterocycles. The van der Waals surface area contributed by atoms with Crippen molar-refractivity contribution in [2.45, 2.75) is 32.6 Å². The van der Waals surface area contributed by atoms with Crippen LogP contribution in [0.1, 0.15) is 35.2 Å². The molecule has 122 valence electrons. The van der Waals surface area contributed by atoms with E-state index in [0.717, 1.165) is 10.8 Å². The Morgan fingerprint density at radius 2 is 1.87 bits per heavy atom. The zero-order chi connectivity index (χ0) is 16.8. The summed E-state index contributed by atoms with van der Waals surface area (Å²) in [7, 11) is 0. The summed E-state index contributed by atoms with van der Waals surface area (Å²) in [4.78, 5) is 12.1. The summed E-state index contributed by atoms with van der Waals surface area (Å²) in [6.45, 7) is 6.19. The van der Waals surface area contributed by atoms with Crippen LogP contribution in [0.2, 0.25) is 5.02 Å². The van der Waals surface area contributed by atoms with E-state index in [1.807, 2.05) is 31.2 Å². The number of hydrogen-bond acceptors (Lipinski definition) is 2. The molecule has 0 unspecified atom stereocenters. The van der Waals surface area contributed by atoms with Gasteiger partial charge in [0, 0.05) is 10.8 Å². The number of rotatable bonds is 6. The van der Waals surface area contributed by atoms with Crippen molar-refractivity contribution in [2.24, 2.45) is 0 Å². The minimum Gasteiger partial charge on any atom is -0.349 e. The lowest BCUT2D eigenvalue weighted by Crippen LogP contribution is -2.28. The van der Waals surface area contributed by atoms with E-state index in [4.69, 9.17) is 11.6 Å². The zero-order valence-corrected chi connectivity index (χ0v) is 15.3. The van der Waals surface area contributed by atoms with Gasteiger partial charge in [-0.05, 0) is 49.6 Å². The van der Waals surface area contributed by atoms with Gasteiger partial charge in [0.25, 0.3) is 0 Å². The third-order valence-electron chi connectivity index (χ3n) is 3.68. The molecule has 2 aromatic rings. The maximum Gasteiger partial charge on any atom is 0.230 e. The van der Waals surface area contributed by atoms with Crippen molar-refractivity contribution in [3.8, 4) is 0 Å². The van der Waals surface area contributed by atoms with E-state index in [9.17, 15) is 4.79 Å². The van der Waals surface area contributed by atoms with Crippen LogP contribution in [0.25, 0.3) is 0 Å². The zero-order valence-electron chi connectivity index (χ0n) is 13.7. The number of hydrogen-bond donors (Lipinski definition) is 1. The van der Waals surface area contributed by atoms with E-state index in [0.29, 0.717) is 5.75 Å². The van der Waals surface area contributed by atoms with Gasteiger partial charge >= 0.3 is 0 Å². The summed E-state index contributed by atoms with van der Waals surface area (Å²) in [5.41, 5.74) is 4.80. The number of halogens is 1. The van der Waals surface area contributed by atoms with E-state index >= 15 is 0 Å². The van der Waals surface area contributed by atoms with Crippen LogP contribution in [-0.4, -0.2) is 11.7 Å². The van der Waals surface area contributed by atoms with E-state index in [1.165, 1.54) is 22.3 Å². The van der Waals surface area contributed by atoms with Gasteiger partial charge in [-0.25, -0.2) is 0 Å². The Kier molecular flexibility index (Phi) is 6.55. The molecule has 0 aromatic heterocycles. The van der Waals surface area contributed by atoms with Crippen LogP contribution in [0.5, 0.6) is 0 Å². The quantitative estimate of drug-likeness (QED) is 0.790. The molecule has 0 heterocycles. The molecule has 1 atom stereocenters. The standard InChI is InChI=1S/C19H22ClNOS/c1-13-4-9-18(14(2)10-13)15(3)21-19(22)12-23-11-16-5-7-17(20)8-6-16/h4-10,15H,11-12H2,1-3H3,(H,21,22)/t15-/m1/s1. The van der Waals surface area contributed by atoms with Gasteiger partial charge in [0.1, 0.15) is 0 Å². The molecule has 0 spiro atoms. The number of aryl methyl sites for hydroxylation is 2. The van der Waals surface area contributed by atoms with E-state index in [1.54, 1.807) is 11.8 Å². The highest BCUT2D eigenvalue weighted by Crippen LogP contribution is 2.19. The molecular weight excluding hydrogens is 326 g/mol. The van der Waals surface area contributed by atoms with E-state index in [2.05, 4.69) is 37.4 Å². The van der Waals surface area contributed by atoms with Crippen molar-refractivity contribution in [3.63, 3.8) is 0 Å². The predicted octanol–water partition coefficient (Wildman–Crippen LogP) is 5.07. The van der Waals surface area contributed by atoms with Crippen LogP contribution < -0.4 is 5.32 Å². The Bertz CT molecular complexity index is 670. The Morgan fingerprint density at radius 1 is 1.17 bits per heavy atom. The fourth-order valence-corrected chi connectivity index (χ4v) is 3.44. The van der Waals surface area contributed by atoms with Crippen molar-refractivity contribution in [1.82, 2.24) is 5.32 Å². The number of carbonyl (C=O) groups excluding carboxylic acids is 1. The van der Waals surface area contributed by atoms with Crippen LogP contribution in [0.4, 0.5) is 0 Å². The third kappa shape index (κ3) is 5.60. The van der Waals surface area contributed by atoms with Crippen LogP contribution in [0, 0.1) is 13.8 Å². The Morgan fingerprint density at radius 3 is 2.52 bits per heavy atom. The van der Waals surface area contributed by atoms with Crippen LogP contribution in [0.15, 0.2) is 42.5 Å². The molecule has 1 N–H and O–H groups in total. The van der Waals surface area contributed by atoms with Crippen molar-refractivity contribution < 1.29 is 4.79 Å². The molecule has 4 heteroatoms. The van der Waals surface area contributed by atoms with E-state index in [-0.39, 0.29) is 11.9 Å². The smallest absolute Gasteiger partial charge is 0.230 e. The first kappa shape index (κ1) is 17.9. The molecular formula is C19H22ClNOS. The summed E-state index contributed by atoms with van der Waals surface area (Å²) in [5.74, 6) is 1.33. The number of carbonyl (C=O) groups is 1. The molecule has 1 amide bonds. The largest absolute Gasteiger partial charge is 0.349 e. The highest BCUT2D eigenvalue weighted by molar-refractivity contribution is 7.99. The summed E-state index contributed by atoms with van der Waals surface area (Å²) in [5, 5.41) is 3.81. The van der Waals surface area contributed by atoms with Gasteiger partial charge in [0.2, 0.25) is 5.91 Å². The third-order valence-corrected chi connectivity index (χ3v) is 4.94. The monoisotopic (exact) mass is 347 g/mol. The first-order valence-corrected chi connectivity index (χ1v) is 9.17. The van der Waals surface area contributed by atoms with Crippen LogP contribution >= 0.6 is 23.4 Å². The Hall–Kier alpha value is -1.45. The molecule has 0 aliphatic carbocycles. The molecule has 23 heavy (non-hydrogen) atoms. The lowest BCUT2D eigenvalue weighted by atomic mass is 10.0. The molecule has 0 fully saturated rings. The van der Waals surface area contributed by atoms with Gasteiger partial charge in [0.15, 0.2) is 0 Å². The van der Waals surface area contributed by atoms with E-state index < -0.39 is 0 Å². The summed E-state index contributed by atoms with van der Waals surface area (Å²) < 4.78 is 0. The highest BCUT2D eigenvalue weighted by Gasteiger charge is 2.11. The molecule has 2 aromatic carbocycles. The first-order chi connectivity index (χ1) is 11.0. The van der Waals surface area contributed by atoms with Gasteiger partial charge in [0.05, 0.1) is 11.8 Å². The van der Waals surface area contributed by atoms with Gasteiger partial charge < -0.3 is 5.32 Å². The molecule has 2 nitrogen and oxygen atoms in total. The number of thioether (sulfide) groups is 1. The second-order valence-corrected chi connectivity index (χ2v) is 7.19. The average Bonchev–Trinajstić information content (AvgIpc) is 2.49. The Labute approximate surface area is 147 Å². The molecule has 0 saturated carbocycles. The van der Waals surface area contributed by atoms with Crippen molar-refractivity contribution in [1.29, 1.82) is 0 Å². The van der Waals surface area contributed by atoms with Crippen molar-refractivity contribution >= 4 is 29.3 Å². The van der Waals surface area contributed by atoms with Gasteiger partial charge in [-0.1, -0.05) is 47.5 Å². The van der Waals surface area contributed by atoms with Gasteiger partial charge in [-0.3, -0.25) is 4.79 Å². The predicted molar refractivity (Wildman–Crippen MR) is 100 cm³/mol. The minimum absolute atomic E-state index is 0.0271. The summed E-state index contributed by atoms with van der Waals surface area (Å²) >= 11 is 7.47. The number of benzene rings is 2. The molecule has 2 rings (SSSR count). The summed E-state index contributed by atoms with van der Waals surface area (Å²) in [6.07, 6.45) is 0. The van der Waals surface area contributed by atoms with Crippen molar-refractivity contribution in [3.05, 3.63) is 69.7 Å². The second kappa shape index (κ2) is 8.42. The van der Waals surface area contributed by atoms with Gasteiger partial charge in [-0.15, -0.1) is 11.8 Å². The fraction of sp³-hybridized carbons (Fsp3) is 0.316. The number of nitrogens with one attached hydrogen (secondary N) is 1. The fourth-order valence-electron chi connectivity index (χ4n) is 2.51. The Balaban J connectivity index is 1.81. The van der Waals surface area contributed by atoms with Gasteiger partial charge in [-0.2, -0.15) is 0 Å². The van der Waals surface area contributed by atoms with Crippen LogP contribution in [-0.2, 0) is 10.5 Å². The molecule has 0 bridgehead atoms. The highest BCUT2D eigenvalue weighted by atomic mass is 35.5. The van der Waals surface area contributed by atoms with Crippen LogP contribution in [0.3, 0.4) is 0 Å². The molecule has 0 radical (unpaired) electrons. The molecule has 0 aliphatic heterocycles. The lowest BCUT2D eigenvalue weighted by Gasteiger charge is -2.17. The average molecular weight is 348 g/mol. The topological polar surface area (TPSA) is 29.1 Å². The van der Waals surface area contributed by atoms with Crippen molar-refractivity contribution in [2.75, 3.05) is 5.75 Å². The minimum atomic E-state index is 0.0271. The molecule has 0 aliphatic rings. The summed E-state index contributed by atoms with van der Waals surface area (Å²) in [6, 6.07) is 14.1. The maximum atomic E-state index is 12.1. The maximum absolute atomic E-state index is 12.1. The number of amides is 1. The normalized spacial score (nSPS) is 12.0. The lowest BCUT2D eigenvalue weighted by molar-refractivity contribution is -0.119. The first-order valence-electron chi connectivity index (χ1n) is 7.64. The SMILES string of the molecule is Cc1ccc([C@@H](C)NC(=O)CSCc2ccc(Cl)cc2)c(C)c1. The second-order valence-electron chi connectivity index (χ2n) is 5.77.